The molecule has 29 heavy (non-hydrogen) atoms. The number of carbonyl (C=O) groups excluding carboxylic acids is 1. The van der Waals surface area contributed by atoms with Crippen molar-refractivity contribution in [1.29, 1.82) is 0 Å². The number of amides is 1. The molecule has 1 aromatic heterocycles. The first-order valence-corrected chi connectivity index (χ1v) is 8.88. The van der Waals surface area contributed by atoms with Crippen molar-refractivity contribution in [3.63, 3.8) is 0 Å². The first kappa shape index (κ1) is 20.2. The third-order valence-electron chi connectivity index (χ3n) is 4.13. The molecule has 0 saturated carbocycles. The summed E-state index contributed by atoms with van der Waals surface area (Å²) in [5.41, 5.74) is 1.12. The van der Waals surface area contributed by atoms with Crippen molar-refractivity contribution < 1.29 is 24.2 Å². The number of aromatic nitrogens is 2. The summed E-state index contributed by atoms with van der Waals surface area (Å²) in [7, 11) is 3.05. The van der Waals surface area contributed by atoms with Crippen molar-refractivity contribution >= 4 is 29.2 Å². The Kier molecular flexibility index (Phi) is 6.04. The van der Waals surface area contributed by atoms with Gasteiger partial charge in [0.25, 0.3) is 5.91 Å². The van der Waals surface area contributed by atoms with Crippen LogP contribution in [0.1, 0.15) is 26.5 Å². The highest BCUT2D eigenvalue weighted by Crippen LogP contribution is 2.27. The minimum atomic E-state index is -1.18. The quantitative estimate of drug-likeness (QED) is 0.611. The van der Waals surface area contributed by atoms with Gasteiger partial charge in [0.15, 0.2) is 5.69 Å². The minimum Gasteiger partial charge on any atom is -0.497 e. The maximum atomic E-state index is 12.5. The number of hydrogen-bond donors (Lipinski definition) is 2. The van der Waals surface area contributed by atoms with Crippen LogP contribution in [0.2, 0.25) is 5.02 Å². The Morgan fingerprint density at radius 2 is 1.83 bits per heavy atom. The second kappa shape index (κ2) is 8.66. The van der Waals surface area contributed by atoms with Gasteiger partial charge < -0.3 is 19.9 Å². The van der Waals surface area contributed by atoms with Crippen molar-refractivity contribution in [2.45, 2.75) is 6.54 Å². The van der Waals surface area contributed by atoms with Crippen LogP contribution in [-0.2, 0) is 6.54 Å². The van der Waals surface area contributed by atoms with Crippen LogP contribution in [-0.4, -0.2) is 41.0 Å². The number of rotatable bonds is 7. The molecule has 0 atom stereocenters. The Morgan fingerprint density at radius 1 is 1.10 bits per heavy atom. The molecule has 1 heterocycles. The molecule has 0 aliphatic heterocycles. The number of anilines is 1. The normalized spacial score (nSPS) is 10.4. The van der Waals surface area contributed by atoms with Crippen LogP contribution < -0.4 is 14.8 Å². The third-order valence-corrected chi connectivity index (χ3v) is 4.43. The van der Waals surface area contributed by atoms with Crippen LogP contribution >= 0.6 is 11.6 Å². The number of carboxylic acids is 1. The summed E-state index contributed by atoms with van der Waals surface area (Å²) in [5, 5.41) is 16.6. The molecule has 2 aromatic carbocycles. The Bertz CT molecular complexity index is 1050. The van der Waals surface area contributed by atoms with Crippen LogP contribution in [0, 0.1) is 0 Å². The van der Waals surface area contributed by atoms with Gasteiger partial charge in [0.2, 0.25) is 0 Å². The van der Waals surface area contributed by atoms with Crippen LogP contribution in [0.4, 0.5) is 5.69 Å². The van der Waals surface area contributed by atoms with Gasteiger partial charge in [-0.3, -0.25) is 9.48 Å². The number of nitrogens with one attached hydrogen (secondary N) is 1. The average molecular weight is 416 g/mol. The molecule has 0 aliphatic carbocycles. The molecule has 9 heteroatoms. The van der Waals surface area contributed by atoms with Crippen molar-refractivity contribution in [3.05, 3.63) is 70.5 Å². The highest BCUT2D eigenvalue weighted by atomic mass is 35.5. The molecule has 0 bridgehead atoms. The first-order chi connectivity index (χ1) is 13.9. The fourth-order valence-corrected chi connectivity index (χ4v) is 2.92. The van der Waals surface area contributed by atoms with Crippen molar-refractivity contribution in [2.75, 3.05) is 19.5 Å². The predicted molar refractivity (Wildman–Crippen MR) is 107 cm³/mol. The lowest BCUT2D eigenvalue weighted by atomic mass is 10.2. The van der Waals surface area contributed by atoms with E-state index in [0.717, 1.165) is 5.56 Å². The molecule has 2 N–H and O–H groups in total. The van der Waals surface area contributed by atoms with Crippen LogP contribution in [0.5, 0.6) is 11.5 Å². The van der Waals surface area contributed by atoms with E-state index in [1.165, 1.54) is 23.9 Å². The van der Waals surface area contributed by atoms with Gasteiger partial charge in [0, 0.05) is 11.8 Å². The number of carboxylic acid groups (broad SMARTS) is 1. The number of nitrogens with zero attached hydrogens (tertiary/aromatic N) is 2. The molecule has 3 aromatic rings. The monoisotopic (exact) mass is 415 g/mol. The van der Waals surface area contributed by atoms with Gasteiger partial charge in [-0.05, 0) is 35.9 Å². The standard InChI is InChI=1S/C20H18ClN3O5/c1-28-14-6-3-12(4-7-14)11-24-17(20(26)27)10-16(23-24)19(25)22-13-5-8-18(29-2)15(21)9-13/h3-10H,11H2,1-2H3,(H,22,25)(H,26,27). The zero-order valence-corrected chi connectivity index (χ0v) is 16.4. The molecule has 150 valence electrons. The average Bonchev–Trinajstić information content (AvgIpc) is 3.13. The maximum Gasteiger partial charge on any atom is 0.354 e. The molecule has 0 unspecified atom stereocenters. The van der Waals surface area contributed by atoms with Crippen LogP contribution in [0.3, 0.4) is 0 Å². The van der Waals surface area contributed by atoms with E-state index in [4.69, 9.17) is 21.1 Å². The second-order valence-corrected chi connectivity index (χ2v) is 6.44. The highest BCUT2D eigenvalue weighted by Gasteiger charge is 2.19. The van der Waals surface area contributed by atoms with Crippen LogP contribution in [0.25, 0.3) is 0 Å². The summed E-state index contributed by atoms with van der Waals surface area (Å²) in [6, 6.07) is 13.1. The number of carbonyl (C=O) groups is 2. The molecule has 1 amide bonds. The van der Waals surface area contributed by atoms with E-state index in [9.17, 15) is 14.7 Å². The summed E-state index contributed by atoms with van der Waals surface area (Å²) >= 11 is 6.06. The molecule has 0 fully saturated rings. The van der Waals surface area contributed by atoms with E-state index in [2.05, 4.69) is 10.4 Å². The van der Waals surface area contributed by atoms with E-state index in [-0.39, 0.29) is 17.9 Å². The maximum absolute atomic E-state index is 12.5. The van der Waals surface area contributed by atoms with Crippen molar-refractivity contribution in [1.82, 2.24) is 9.78 Å². The molecular weight excluding hydrogens is 398 g/mol. The molecule has 8 nitrogen and oxygen atoms in total. The van der Waals surface area contributed by atoms with E-state index >= 15 is 0 Å². The van der Waals surface area contributed by atoms with Crippen LogP contribution in [0.15, 0.2) is 48.5 Å². The number of halogens is 1. The minimum absolute atomic E-state index is 0.0251. The lowest BCUT2D eigenvalue weighted by Gasteiger charge is -2.07. The third kappa shape index (κ3) is 4.67. The highest BCUT2D eigenvalue weighted by molar-refractivity contribution is 6.32. The Balaban J connectivity index is 1.82. The predicted octanol–water partition coefficient (Wildman–Crippen LogP) is 3.55. The van der Waals surface area contributed by atoms with Gasteiger partial charge in [-0.15, -0.1) is 0 Å². The van der Waals surface area contributed by atoms with Crippen molar-refractivity contribution in [3.8, 4) is 11.5 Å². The fourth-order valence-electron chi connectivity index (χ4n) is 2.66. The molecular formula is C20H18ClN3O5. The Hall–Kier alpha value is -3.52. The largest absolute Gasteiger partial charge is 0.497 e. The van der Waals surface area contributed by atoms with Gasteiger partial charge in [0.1, 0.15) is 17.2 Å². The molecule has 0 saturated heterocycles. The first-order valence-electron chi connectivity index (χ1n) is 8.50. The van der Waals surface area contributed by atoms with Gasteiger partial charge in [0.05, 0.1) is 25.8 Å². The zero-order valence-electron chi connectivity index (χ0n) is 15.7. The summed E-state index contributed by atoms with van der Waals surface area (Å²) in [4.78, 5) is 24.1. The fraction of sp³-hybridized carbons (Fsp3) is 0.150. The second-order valence-electron chi connectivity index (χ2n) is 6.03. The molecule has 3 rings (SSSR count). The van der Waals surface area contributed by atoms with Gasteiger partial charge in [-0.1, -0.05) is 23.7 Å². The topological polar surface area (TPSA) is 103 Å². The molecule has 0 radical (unpaired) electrons. The lowest BCUT2D eigenvalue weighted by molar-refractivity contribution is 0.0683. The SMILES string of the molecule is COc1ccc(Cn2nc(C(=O)Nc3ccc(OC)c(Cl)c3)cc2C(=O)O)cc1. The van der Waals surface area contributed by atoms with E-state index in [0.29, 0.717) is 22.2 Å². The number of methoxy groups -OCH3 is 2. The zero-order chi connectivity index (χ0) is 21.0. The molecule has 0 aliphatic rings. The lowest BCUT2D eigenvalue weighted by Crippen LogP contribution is -2.14. The molecule has 0 spiro atoms. The van der Waals surface area contributed by atoms with E-state index in [1.807, 2.05) is 0 Å². The number of ether oxygens (including phenoxy) is 2. The number of benzene rings is 2. The summed E-state index contributed by atoms with van der Waals surface area (Å²) in [6.07, 6.45) is 0. The summed E-state index contributed by atoms with van der Waals surface area (Å²) in [6.45, 7) is 0.188. The van der Waals surface area contributed by atoms with E-state index in [1.54, 1.807) is 43.5 Å². The summed E-state index contributed by atoms with van der Waals surface area (Å²) < 4.78 is 11.4. The van der Waals surface area contributed by atoms with Gasteiger partial charge in [-0.25, -0.2) is 4.79 Å². The summed E-state index contributed by atoms with van der Waals surface area (Å²) in [5.74, 6) is -0.577. The van der Waals surface area contributed by atoms with Crippen molar-refractivity contribution in [2.24, 2.45) is 0 Å². The van der Waals surface area contributed by atoms with E-state index < -0.39 is 11.9 Å². The van der Waals surface area contributed by atoms with Gasteiger partial charge >= 0.3 is 5.97 Å². The Morgan fingerprint density at radius 3 is 2.41 bits per heavy atom. The smallest absolute Gasteiger partial charge is 0.354 e. The van der Waals surface area contributed by atoms with Gasteiger partial charge in [-0.2, -0.15) is 5.10 Å². The number of aromatic carboxylic acids is 1. The Labute approximate surface area is 171 Å². The number of hydrogen-bond acceptors (Lipinski definition) is 5.